The minimum absolute atomic E-state index is 0.783. The Morgan fingerprint density at radius 3 is 2.94 bits per heavy atom. The van der Waals surface area contributed by atoms with E-state index in [-0.39, 0.29) is 0 Å². The number of aryl methyl sites for hydroxylation is 1. The monoisotopic (exact) mass is 227 g/mol. The molecule has 0 spiro atoms. The minimum Gasteiger partial charge on any atom is -0.397 e. The van der Waals surface area contributed by atoms with Crippen LogP contribution < -0.4 is 11.1 Å². The minimum atomic E-state index is 0.783. The van der Waals surface area contributed by atoms with E-state index >= 15 is 0 Å². The molecule has 2 heterocycles. The summed E-state index contributed by atoms with van der Waals surface area (Å²) in [6, 6.07) is 6.05. The Balaban J connectivity index is 2.33. The molecule has 0 saturated carbocycles. The van der Waals surface area contributed by atoms with Crippen molar-refractivity contribution in [2.45, 2.75) is 19.8 Å². The molecule has 3 rings (SSSR count). The predicted molar refractivity (Wildman–Crippen MR) is 71.2 cm³/mol. The van der Waals surface area contributed by atoms with Gasteiger partial charge in [0, 0.05) is 24.0 Å². The lowest BCUT2D eigenvalue weighted by atomic mass is 9.98. The van der Waals surface area contributed by atoms with Crippen LogP contribution >= 0.6 is 0 Å². The van der Waals surface area contributed by atoms with Gasteiger partial charge in [0.15, 0.2) is 0 Å². The van der Waals surface area contributed by atoms with E-state index in [1.165, 1.54) is 22.2 Å². The number of rotatable bonds is 0. The number of nitrogens with zero attached hydrogens (tertiary/aromatic N) is 1. The molecular formula is C14H17N3. The first-order valence-electron chi connectivity index (χ1n) is 6.14. The fourth-order valence-corrected chi connectivity index (χ4v) is 2.65. The van der Waals surface area contributed by atoms with Gasteiger partial charge in [-0.05, 0) is 37.1 Å². The molecule has 3 nitrogen and oxygen atoms in total. The van der Waals surface area contributed by atoms with Gasteiger partial charge in [0.25, 0.3) is 0 Å². The Labute approximate surface area is 101 Å². The van der Waals surface area contributed by atoms with Crippen molar-refractivity contribution in [2.24, 2.45) is 0 Å². The van der Waals surface area contributed by atoms with E-state index in [2.05, 4.69) is 18.3 Å². The lowest BCUT2D eigenvalue weighted by Gasteiger charge is -2.13. The van der Waals surface area contributed by atoms with Gasteiger partial charge in [-0.3, -0.25) is 4.98 Å². The van der Waals surface area contributed by atoms with Crippen molar-refractivity contribution in [1.29, 1.82) is 0 Å². The fraction of sp³-hybridized carbons (Fsp3) is 0.357. The standard InChI is InChI=1S/C14H17N3/c1-9-10-5-7-16-8-6-13(10)17-14-11(9)3-2-4-12(14)15/h2-4,16H,5-8,15H2,1H3. The normalized spacial score (nSPS) is 15.6. The van der Waals surface area contributed by atoms with Crippen LogP contribution in [0.5, 0.6) is 0 Å². The van der Waals surface area contributed by atoms with Crippen molar-refractivity contribution in [1.82, 2.24) is 10.3 Å². The molecule has 1 aliphatic heterocycles. The quantitative estimate of drug-likeness (QED) is 0.675. The summed E-state index contributed by atoms with van der Waals surface area (Å²) in [6.45, 7) is 4.24. The summed E-state index contributed by atoms with van der Waals surface area (Å²) in [5, 5.41) is 4.62. The summed E-state index contributed by atoms with van der Waals surface area (Å²) in [7, 11) is 0. The largest absolute Gasteiger partial charge is 0.397 e. The highest BCUT2D eigenvalue weighted by Crippen LogP contribution is 2.27. The van der Waals surface area contributed by atoms with E-state index in [9.17, 15) is 0 Å². The van der Waals surface area contributed by atoms with E-state index in [4.69, 9.17) is 10.7 Å². The number of pyridine rings is 1. The van der Waals surface area contributed by atoms with E-state index in [0.29, 0.717) is 0 Å². The highest BCUT2D eigenvalue weighted by molar-refractivity contribution is 5.92. The third-order valence-corrected chi connectivity index (χ3v) is 3.61. The molecule has 1 aromatic carbocycles. The van der Waals surface area contributed by atoms with Gasteiger partial charge in [-0.15, -0.1) is 0 Å². The number of hydrogen-bond donors (Lipinski definition) is 2. The summed E-state index contributed by atoms with van der Waals surface area (Å²) in [4.78, 5) is 4.77. The molecule has 3 heteroatoms. The number of fused-ring (bicyclic) bond motifs is 2. The highest BCUT2D eigenvalue weighted by Gasteiger charge is 2.14. The molecule has 0 fully saturated rings. The van der Waals surface area contributed by atoms with E-state index in [1.54, 1.807) is 0 Å². The number of aromatic nitrogens is 1. The number of para-hydroxylation sites is 1. The number of benzene rings is 1. The van der Waals surface area contributed by atoms with Crippen LogP contribution in [0.2, 0.25) is 0 Å². The number of anilines is 1. The molecule has 0 unspecified atom stereocenters. The van der Waals surface area contributed by atoms with Crippen LogP contribution in [0.4, 0.5) is 5.69 Å². The highest BCUT2D eigenvalue weighted by atomic mass is 14.9. The van der Waals surface area contributed by atoms with E-state index in [0.717, 1.165) is 37.1 Å². The molecule has 3 N–H and O–H groups in total. The molecule has 0 aliphatic carbocycles. The van der Waals surface area contributed by atoms with Crippen molar-refractivity contribution < 1.29 is 0 Å². The number of nitrogens with two attached hydrogens (primary N) is 1. The van der Waals surface area contributed by atoms with Crippen molar-refractivity contribution in [3.63, 3.8) is 0 Å². The van der Waals surface area contributed by atoms with Crippen molar-refractivity contribution in [2.75, 3.05) is 18.8 Å². The molecule has 1 aromatic heterocycles. The zero-order valence-corrected chi connectivity index (χ0v) is 10.1. The summed E-state index contributed by atoms with van der Waals surface area (Å²) in [5.74, 6) is 0. The maximum atomic E-state index is 6.02. The summed E-state index contributed by atoms with van der Waals surface area (Å²) in [5.41, 5.74) is 11.7. The fourth-order valence-electron chi connectivity index (χ4n) is 2.65. The van der Waals surface area contributed by atoms with Gasteiger partial charge in [0.1, 0.15) is 0 Å². The molecule has 1 aliphatic rings. The Kier molecular flexibility index (Phi) is 2.48. The van der Waals surface area contributed by atoms with Crippen molar-refractivity contribution in [3.05, 3.63) is 35.0 Å². The molecule has 88 valence electrons. The summed E-state index contributed by atoms with van der Waals surface area (Å²) < 4.78 is 0. The van der Waals surface area contributed by atoms with Gasteiger partial charge in [0.05, 0.1) is 11.2 Å². The summed E-state index contributed by atoms with van der Waals surface area (Å²) >= 11 is 0. The number of hydrogen-bond acceptors (Lipinski definition) is 3. The molecule has 17 heavy (non-hydrogen) atoms. The molecule has 0 bridgehead atoms. The first kappa shape index (κ1) is 10.5. The average Bonchev–Trinajstić information content (AvgIpc) is 2.56. The van der Waals surface area contributed by atoms with Gasteiger partial charge in [-0.1, -0.05) is 12.1 Å². The van der Waals surface area contributed by atoms with Crippen LogP contribution in [-0.4, -0.2) is 18.1 Å². The second kappa shape index (κ2) is 4.00. The lowest BCUT2D eigenvalue weighted by molar-refractivity contribution is 0.708. The summed E-state index contributed by atoms with van der Waals surface area (Å²) in [6.07, 6.45) is 2.07. The van der Waals surface area contributed by atoms with E-state index in [1.807, 2.05) is 12.1 Å². The first-order valence-corrected chi connectivity index (χ1v) is 6.14. The third kappa shape index (κ3) is 1.67. The van der Waals surface area contributed by atoms with Crippen LogP contribution in [0.15, 0.2) is 18.2 Å². The Bertz CT molecular complexity index is 575. The SMILES string of the molecule is Cc1c2c(nc3c(N)cccc13)CCNCC2. The number of nitrogens with one attached hydrogen (secondary N) is 1. The smallest absolute Gasteiger partial charge is 0.0937 e. The number of nitrogen functional groups attached to an aromatic ring is 1. The van der Waals surface area contributed by atoms with Gasteiger partial charge >= 0.3 is 0 Å². The molecule has 0 radical (unpaired) electrons. The maximum absolute atomic E-state index is 6.02. The second-order valence-corrected chi connectivity index (χ2v) is 4.66. The molecule has 0 atom stereocenters. The Hall–Kier alpha value is -1.61. The Morgan fingerprint density at radius 2 is 2.06 bits per heavy atom. The first-order chi connectivity index (χ1) is 8.27. The van der Waals surface area contributed by atoms with Crippen molar-refractivity contribution >= 4 is 16.6 Å². The van der Waals surface area contributed by atoms with Crippen LogP contribution in [-0.2, 0) is 12.8 Å². The van der Waals surface area contributed by atoms with Gasteiger partial charge in [0.2, 0.25) is 0 Å². The van der Waals surface area contributed by atoms with Crippen LogP contribution in [0, 0.1) is 6.92 Å². The third-order valence-electron chi connectivity index (χ3n) is 3.61. The molecule has 0 amide bonds. The van der Waals surface area contributed by atoms with Crippen LogP contribution in [0.3, 0.4) is 0 Å². The zero-order valence-electron chi connectivity index (χ0n) is 10.1. The van der Waals surface area contributed by atoms with Crippen LogP contribution in [0.25, 0.3) is 10.9 Å². The van der Waals surface area contributed by atoms with Gasteiger partial charge < -0.3 is 11.1 Å². The Morgan fingerprint density at radius 1 is 1.24 bits per heavy atom. The average molecular weight is 227 g/mol. The molecular weight excluding hydrogens is 210 g/mol. The zero-order chi connectivity index (χ0) is 11.8. The second-order valence-electron chi connectivity index (χ2n) is 4.66. The van der Waals surface area contributed by atoms with Crippen LogP contribution in [0.1, 0.15) is 16.8 Å². The van der Waals surface area contributed by atoms with Gasteiger partial charge in [-0.25, -0.2) is 0 Å². The predicted octanol–water partition coefficient (Wildman–Crippen LogP) is 1.81. The van der Waals surface area contributed by atoms with E-state index < -0.39 is 0 Å². The lowest BCUT2D eigenvalue weighted by Crippen LogP contribution is -2.16. The molecule has 0 saturated heterocycles. The molecule has 2 aromatic rings. The van der Waals surface area contributed by atoms with Crippen molar-refractivity contribution in [3.8, 4) is 0 Å². The van der Waals surface area contributed by atoms with Gasteiger partial charge in [-0.2, -0.15) is 0 Å². The topological polar surface area (TPSA) is 50.9 Å². The maximum Gasteiger partial charge on any atom is 0.0937 e.